The van der Waals surface area contributed by atoms with E-state index < -0.39 is 0 Å². The van der Waals surface area contributed by atoms with Gasteiger partial charge in [-0.15, -0.1) is 11.3 Å². The predicted molar refractivity (Wildman–Crippen MR) is 80.1 cm³/mol. The van der Waals surface area contributed by atoms with E-state index in [0.29, 0.717) is 6.04 Å². The zero-order chi connectivity index (χ0) is 13.1. The summed E-state index contributed by atoms with van der Waals surface area (Å²) >= 11 is 5.29. The molecule has 0 aliphatic heterocycles. The van der Waals surface area contributed by atoms with Gasteiger partial charge in [0.15, 0.2) is 0 Å². The largest absolute Gasteiger partial charge is 0.309 e. The molecular formula is C13H18BrN3S. The standard InChI is InChI=1S/C13H18BrN3S/c1-4-15-12(7-11-6-10(14)8-18-11)13-5-9(2)17(3)16-13/h5-6,8,12,15H,4,7H2,1-3H3. The number of thiophene rings is 1. The molecule has 0 saturated carbocycles. The molecule has 1 N–H and O–H groups in total. The number of aryl methyl sites for hydroxylation is 2. The van der Waals surface area contributed by atoms with Crippen molar-refractivity contribution >= 4 is 27.3 Å². The number of halogens is 1. The lowest BCUT2D eigenvalue weighted by atomic mass is 10.1. The van der Waals surface area contributed by atoms with E-state index in [1.807, 2.05) is 11.7 Å². The van der Waals surface area contributed by atoms with Crippen molar-refractivity contribution in [2.45, 2.75) is 26.3 Å². The molecule has 2 heterocycles. The van der Waals surface area contributed by atoms with Crippen LogP contribution in [-0.2, 0) is 13.5 Å². The molecule has 0 aliphatic carbocycles. The van der Waals surface area contributed by atoms with Crippen molar-refractivity contribution in [3.63, 3.8) is 0 Å². The molecule has 2 aromatic rings. The summed E-state index contributed by atoms with van der Waals surface area (Å²) in [7, 11) is 1.99. The van der Waals surface area contributed by atoms with Crippen molar-refractivity contribution < 1.29 is 0 Å². The third-order valence-electron chi connectivity index (χ3n) is 2.97. The molecule has 0 amide bonds. The number of aromatic nitrogens is 2. The van der Waals surface area contributed by atoms with Crippen LogP contribution in [0.15, 0.2) is 22.0 Å². The highest BCUT2D eigenvalue weighted by atomic mass is 79.9. The Balaban J connectivity index is 2.17. The molecule has 98 valence electrons. The zero-order valence-electron chi connectivity index (χ0n) is 10.9. The Bertz CT molecular complexity index is 499. The zero-order valence-corrected chi connectivity index (χ0v) is 13.3. The average molecular weight is 328 g/mol. The van der Waals surface area contributed by atoms with Gasteiger partial charge < -0.3 is 5.32 Å². The summed E-state index contributed by atoms with van der Waals surface area (Å²) < 4.78 is 3.10. The molecular weight excluding hydrogens is 310 g/mol. The first-order valence-electron chi connectivity index (χ1n) is 6.07. The summed E-state index contributed by atoms with van der Waals surface area (Å²) in [4.78, 5) is 1.37. The van der Waals surface area contributed by atoms with E-state index in [1.165, 1.54) is 10.6 Å². The third kappa shape index (κ3) is 3.22. The van der Waals surface area contributed by atoms with Gasteiger partial charge in [-0.3, -0.25) is 4.68 Å². The van der Waals surface area contributed by atoms with E-state index in [4.69, 9.17) is 0 Å². The Morgan fingerprint density at radius 3 is 2.78 bits per heavy atom. The highest BCUT2D eigenvalue weighted by Crippen LogP contribution is 2.25. The Kier molecular flexibility index (Phi) is 4.59. The monoisotopic (exact) mass is 327 g/mol. The molecule has 0 radical (unpaired) electrons. The summed E-state index contributed by atoms with van der Waals surface area (Å²) in [5, 5.41) is 10.2. The van der Waals surface area contributed by atoms with Crippen LogP contribution in [0.5, 0.6) is 0 Å². The van der Waals surface area contributed by atoms with Gasteiger partial charge in [-0.1, -0.05) is 6.92 Å². The van der Waals surface area contributed by atoms with Gasteiger partial charge in [0.1, 0.15) is 0 Å². The van der Waals surface area contributed by atoms with Crippen molar-refractivity contribution in [1.82, 2.24) is 15.1 Å². The van der Waals surface area contributed by atoms with Gasteiger partial charge in [0.05, 0.1) is 11.7 Å². The van der Waals surface area contributed by atoms with Crippen LogP contribution in [0.3, 0.4) is 0 Å². The molecule has 0 spiro atoms. The minimum Gasteiger partial charge on any atom is -0.309 e. The Labute approximate surface area is 120 Å². The highest BCUT2D eigenvalue weighted by molar-refractivity contribution is 9.10. The van der Waals surface area contributed by atoms with Crippen molar-refractivity contribution in [2.75, 3.05) is 6.54 Å². The lowest BCUT2D eigenvalue weighted by Crippen LogP contribution is -2.23. The van der Waals surface area contributed by atoms with Gasteiger partial charge in [0.25, 0.3) is 0 Å². The fourth-order valence-corrected chi connectivity index (χ4v) is 3.45. The Morgan fingerprint density at radius 1 is 1.50 bits per heavy atom. The topological polar surface area (TPSA) is 29.9 Å². The predicted octanol–water partition coefficient (Wildman–Crippen LogP) is 3.45. The third-order valence-corrected chi connectivity index (χ3v) is 4.69. The number of rotatable bonds is 5. The van der Waals surface area contributed by atoms with E-state index in [9.17, 15) is 0 Å². The molecule has 0 fully saturated rings. The minimum absolute atomic E-state index is 0.292. The lowest BCUT2D eigenvalue weighted by molar-refractivity contribution is 0.530. The van der Waals surface area contributed by atoms with E-state index in [1.54, 1.807) is 11.3 Å². The SMILES string of the molecule is CCNC(Cc1cc(Br)cs1)c1cc(C)n(C)n1. The van der Waals surface area contributed by atoms with Gasteiger partial charge >= 0.3 is 0 Å². The Morgan fingerprint density at radius 2 is 2.28 bits per heavy atom. The summed E-state index contributed by atoms with van der Waals surface area (Å²) in [6, 6.07) is 4.64. The first-order chi connectivity index (χ1) is 8.60. The van der Waals surface area contributed by atoms with Crippen molar-refractivity contribution in [1.29, 1.82) is 0 Å². The maximum atomic E-state index is 4.58. The van der Waals surface area contributed by atoms with Crippen molar-refractivity contribution in [3.05, 3.63) is 38.3 Å². The van der Waals surface area contributed by atoms with E-state index >= 15 is 0 Å². The number of likely N-dealkylation sites (N-methyl/N-ethyl adjacent to an activating group) is 1. The Hall–Kier alpha value is -0.650. The fraction of sp³-hybridized carbons (Fsp3) is 0.462. The van der Waals surface area contributed by atoms with Crippen LogP contribution >= 0.6 is 27.3 Å². The molecule has 18 heavy (non-hydrogen) atoms. The van der Waals surface area contributed by atoms with E-state index in [0.717, 1.165) is 23.1 Å². The first kappa shape index (κ1) is 13.8. The number of nitrogens with one attached hydrogen (secondary N) is 1. The number of hydrogen-bond donors (Lipinski definition) is 1. The van der Waals surface area contributed by atoms with Gasteiger partial charge in [-0.2, -0.15) is 5.10 Å². The molecule has 0 aliphatic rings. The first-order valence-corrected chi connectivity index (χ1v) is 7.74. The highest BCUT2D eigenvalue weighted by Gasteiger charge is 2.16. The van der Waals surface area contributed by atoms with E-state index in [-0.39, 0.29) is 0 Å². The van der Waals surface area contributed by atoms with Gasteiger partial charge in [0.2, 0.25) is 0 Å². The van der Waals surface area contributed by atoms with Gasteiger partial charge in [-0.05, 0) is 41.5 Å². The van der Waals surface area contributed by atoms with Crippen LogP contribution < -0.4 is 5.32 Å². The van der Waals surface area contributed by atoms with E-state index in [2.05, 4.69) is 57.7 Å². The van der Waals surface area contributed by atoms with Crippen molar-refractivity contribution in [3.8, 4) is 0 Å². The molecule has 2 aromatic heterocycles. The summed E-state index contributed by atoms with van der Waals surface area (Å²) in [5.74, 6) is 0. The summed E-state index contributed by atoms with van der Waals surface area (Å²) in [6.07, 6.45) is 0.987. The normalized spacial score (nSPS) is 12.9. The molecule has 1 unspecified atom stereocenters. The number of nitrogens with zero attached hydrogens (tertiary/aromatic N) is 2. The van der Waals surface area contributed by atoms with Crippen LogP contribution in [-0.4, -0.2) is 16.3 Å². The smallest absolute Gasteiger partial charge is 0.0800 e. The summed E-state index contributed by atoms with van der Waals surface area (Å²) in [5.41, 5.74) is 2.32. The van der Waals surface area contributed by atoms with Crippen LogP contribution in [0.1, 0.15) is 29.2 Å². The molecule has 0 bridgehead atoms. The van der Waals surface area contributed by atoms with Gasteiger partial charge in [0, 0.05) is 33.9 Å². The maximum Gasteiger partial charge on any atom is 0.0800 e. The average Bonchev–Trinajstić information content (AvgIpc) is 2.86. The second-order valence-corrected chi connectivity index (χ2v) is 6.29. The van der Waals surface area contributed by atoms with Crippen LogP contribution in [0.2, 0.25) is 0 Å². The van der Waals surface area contributed by atoms with Crippen molar-refractivity contribution in [2.24, 2.45) is 7.05 Å². The molecule has 1 atom stereocenters. The molecule has 5 heteroatoms. The quantitative estimate of drug-likeness (QED) is 0.911. The molecule has 3 nitrogen and oxygen atoms in total. The summed E-state index contributed by atoms with van der Waals surface area (Å²) in [6.45, 7) is 5.17. The maximum absolute atomic E-state index is 4.58. The molecule has 0 aromatic carbocycles. The molecule has 2 rings (SSSR count). The second-order valence-electron chi connectivity index (χ2n) is 4.38. The van der Waals surface area contributed by atoms with Crippen LogP contribution in [0.4, 0.5) is 0 Å². The molecule has 0 saturated heterocycles. The van der Waals surface area contributed by atoms with Gasteiger partial charge in [-0.25, -0.2) is 0 Å². The van der Waals surface area contributed by atoms with Crippen LogP contribution in [0, 0.1) is 6.92 Å². The second kappa shape index (κ2) is 5.99. The minimum atomic E-state index is 0.292. The number of hydrogen-bond acceptors (Lipinski definition) is 3. The lowest BCUT2D eigenvalue weighted by Gasteiger charge is -2.14. The fourth-order valence-electron chi connectivity index (χ4n) is 1.95. The van der Waals surface area contributed by atoms with Crippen LogP contribution in [0.25, 0.3) is 0 Å².